The Hall–Kier alpha value is -0.920. The van der Waals surface area contributed by atoms with E-state index in [2.05, 4.69) is 11.8 Å². The largest absolute Gasteiger partial charge is 0.470 e. The van der Waals surface area contributed by atoms with Gasteiger partial charge < -0.3 is 9.32 Å². The topological polar surface area (TPSA) is 16.4 Å². The average Bonchev–Trinajstić information content (AvgIpc) is 2.37. The lowest BCUT2D eigenvalue weighted by atomic mass is 10.4. The molecular formula is C7H11NO. The Morgan fingerprint density at radius 1 is 1.67 bits per heavy atom. The molecule has 0 N–H and O–H groups in total. The molecule has 0 aliphatic rings. The van der Waals surface area contributed by atoms with Crippen LogP contribution in [0.3, 0.4) is 0 Å². The van der Waals surface area contributed by atoms with E-state index in [-0.39, 0.29) is 0 Å². The van der Waals surface area contributed by atoms with Gasteiger partial charge in [-0.05, 0) is 13.0 Å². The van der Waals surface area contributed by atoms with Crippen molar-refractivity contribution in [1.82, 2.24) is 0 Å². The predicted molar refractivity (Wildman–Crippen MR) is 37.7 cm³/mol. The molecule has 1 aromatic heterocycles. The van der Waals surface area contributed by atoms with Crippen molar-refractivity contribution in [3.63, 3.8) is 0 Å². The molecule has 50 valence electrons. The second-order valence-corrected chi connectivity index (χ2v) is 2.00. The third-order valence-electron chi connectivity index (χ3n) is 1.42. The van der Waals surface area contributed by atoms with Crippen LogP contribution in [-0.4, -0.2) is 13.6 Å². The lowest BCUT2D eigenvalue weighted by Crippen LogP contribution is -2.14. The van der Waals surface area contributed by atoms with Crippen LogP contribution < -0.4 is 4.90 Å². The minimum absolute atomic E-state index is 1.01. The lowest BCUT2D eigenvalue weighted by molar-refractivity contribution is 0.567. The third-order valence-corrected chi connectivity index (χ3v) is 1.42. The van der Waals surface area contributed by atoms with Gasteiger partial charge in [0.15, 0.2) is 0 Å². The van der Waals surface area contributed by atoms with Gasteiger partial charge >= 0.3 is 0 Å². The first kappa shape index (κ1) is 6.20. The van der Waals surface area contributed by atoms with Crippen molar-refractivity contribution in [3.8, 4) is 0 Å². The van der Waals surface area contributed by atoms with Gasteiger partial charge in [0.05, 0.1) is 12.0 Å². The van der Waals surface area contributed by atoms with Gasteiger partial charge in [0.1, 0.15) is 6.26 Å². The minimum atomic E-state index is 1.01. The van der Waals surface area contributed by atoms with Gasteiger partial charge in [-0.3, -0.25) is 0 Å². The summed E-state index contributed by atoms with van der Waals surface area (Å²) in [4.78, 5) is 2.11. The Balaban J connectivity index is 2.65. The Kier molecular flexibility index (Phi) is 1.78. The molecule has 0 fully saturated rings. The fourth-order valence-corrected chi connectivity index (χ4v) is 0.657. The van der Waals surface area contributed by atoms with E-state index in [1.54, 1.807) is 12.5 Å². The molecule has 0 amide bonds. The molecule has 1 aromatic rings. The van der Waals surface area contributed by atoms with Crippen molar-refractivity contribution in [2.45, 2.75) is 6.92 Å². The molecule has 0 spiro atoms. The van der Waals surface area contributed by atoms with Crippen LogP contribution in [0, 0.1) is 0 Å². The SMILES string of the molecule is CCN(C)c1ccoc1. The summed E-state index contributed by atoms with van der Waals surface area (Å²) in [5, 5.41) is 0. The molecule has 0 aliphatic carbocycles. The van der Waals surface area contributed by atoms with Crippen LogP contribution in [0.15, 0.2) is 23.0 Å². The summed E-state index contributed by atoms with van der Waals surface area (Å²) in [6, 6.07) is 1.95. The van der Waals surface area contributed by atoms with Gasteiger partial charge in [-0.15, -0.1) is 0 Å². The third kappa shape index (κ3) is 1.25. The van der Waals surface area contributed by atoms with E-state index in [1.807, 2.05) is 13.1 Å². The zero-order chi connectivity index (χ0) is 6.69. The number of furan rings is 1. The molecule has 2 heteroatoms. The van der Waals surface area contributed by atoms with Crippen molar-refractivity contribution >= 4 is 5.69 Å². The van der Waals surface area contributed by atoms with Gasteiger partial charge in [0.2, 0.25) is 0 Å². The number of hydrogen-bond acceptors (Lipinski definition) is 2. The second kappa shape index (κ2) is 2.58. The first-order valence-corrected chi connectivity index (χ1v) is 3.08. The van der Waals surface area contributed by atoms with Gasteiger partial charge in [0, 0.05) is 13.6 Å². The maximum Gasteiger partial charge on any atom is 0.114 e. The molecule has 0 aliphatic heterocycles. The highest BCUT2D eigenvalue weighted by Crippen LogP contribution is 2.10. The van der Waals surface area contributed by atoms with Crippen molar-refractivity contribution in [2.75, 3.05) is 18.5 Å². The van der Waals surface area contributed by atoms with E-state index in [9.17, 15) is 0 Å². The highest BCUT2D eigenvalue weighted by atomic mass is 16.3. The highest BCUT2D eigenvalue weighted by molar-refractivity contribution is 5.41. The standard InChI is InChI=1S/C7H11NO/c1-3-8(2)7-4-5-9-6-7/h4-6H,3H2,1-2H3. The Labute approximate surface area is 55.1 Å². The zero-order valence-electron chi connectivity index (χ0n) is 5.79. The Bertz CT molecular complexity index is 157. The molecule has 0 atom stereocenters. The van der Waals surface area contributed by atoms with Crippen LogP contribution in [0.25, 0.3) is 0 Å². The number of nitrogens with zero attached hydrogens (tertiary/aromatic N) is 1. The number of anilines is 1. The summed E-state index contributed by atoms with van der Waals surface area (Å²) in [5.41, 5.74) is 1.14. The molecule has 0 saturated carbocycles. The van der Waals surface area contributed by atoms with Crippen LogP contribution in [0.4, 0.5) is 5.69 Å². The first-order chi connectivity index (χ1) is 4.34. The molecule has 1 heterocycles. The summed E-state index contributed by atoms with van der Waals surface area (Å²) in [7, 11) is 2.03. The summed E-state index contributed by atoms with van der Waals surface area (Å²) >= 11 is 0. The average molecular weight is 125 g/mol. The summed E-state index contributed by atoms with van der Waals surface area (Å²) < 4.78 is 4.90. The monoisotopic (exact) mass is 125 g/mol. The maximum absolute atomic E-state index is 4.90. The van der Waals surface area contributed by atoms with Gasteiger partial charge in [-0.1, -0.05) is 0 Å². The highest BCUT2D eigenvalue weighted by Gasteiger charge is 1.95. The van der Waals surface area contributed by atoms with E-state index in [4.69, 9.17) is 4.42 Å². The summed E-state index contributed by atoms with van der Waals surface area (Å²) in [5.74, 6) is 0. The summed E-state index contributed by atoms with van der Waals surface area (Å²) in [6.07, 6.45) is 3.42. The molecular weight excluding hydrogens is 114 g/mol. The molecule has 1 rings (SSSR count). The van der Waals surface area contributed by atoms with Crippen molar-refractivity contribution in [3.05, 3.63) is 18.6 Å². The fourth-order valence-electron chi connectivity index (χ4n) is 0.657. The van der Waals surface area contributed by atoms with E-state index >= 15 is 0 Å². The van der Waals surface area contributed by atoms with Crippen molar-refractivity contribution in [2.24, 2.45) is 0 Å². The van der Waals surface area contributed by atoms with E-state index in [0.717, 1.165) is 12.2 Å². The molecule has 0 radical (unpaired) electrons. The molecule has 0 bridgehead atoms. The number of rotatable bonds is 2. The minimum Gasteiger partial charge on any atom is -0.470 e. The Morgan fingerprint density at radius 2 is 2.44 bits per heavy atom. The summed E-state index contributed by atoms with van der Waals surface area (Å²) in [6.45, 7) is 3.12. The number of hydrogen-bond donors (Lipinski definition) is 0. The molecule has 0 saturated heterocycles. The zero-order valence-corrected chi connectivity index (χ0v) is 5.79. The molecule has 2 nitrogen and oxygen atoms in total. The van der Waals surface area contributed by atoms with E-state index < -0.39 is 0 Å². The molecule has 0 aromatic carbocycles. The van der Waals surface area contributed by atoms with Crippen LogP contribution in [-0.2, 0) is 0 Å². The fraction of sp³-hybridized carbons (Fsp3) is 0.429. The molecule has 9 heavy (non-hydrogen) atoms. The van der Waals surface area contributed by atoms with E-state index in [1.165, 1.54) is 0 Å². The predicted octanol–water partition coefficient (Wildman–Crippen LogP) is 1.74. The molecule has 0 unspecified atom stereocenters. The second-order valence-electron chi connectivity index (χ2n) is 2.00. The maximum atomic E-state index is 4.90. The van der Waals surface area contributed by atoms with E-state index in [0.29, 0.717) is 0 Å². The smallest absolute Gasteiger partial charge is 0.114 e. The van der Waals surface area contributed by atoms with Gasteiger partial charge in [0.25, 0.3) is 0 Å². The van der Waals surface area contributed by atoms with Gasteiger partial charge in [-0.25, -0.2) is 0 Å². The van der Waals surface area contributed by atoms with Gasteiger partial charge in [-0.2, -0.15) is 0 Å². The van der Waals surface area contributed by atoms with Crippen LogP contribution in [0.5, 0.6) is 0 Å². The lowest BCUT2D eigenvalue weighted by Gasteiger charge is -2.12. The van der Waals surface area contributed by atoms with Crippen molar-refractivity contribution in [1.29, 1.82) is 0 Å². The quantitative estimate of drug-likeness (QED) is 0.598. The van der Waals surface area contributed by atoms with Crippen LogP contribution in [0.2, 0.25) is 0 Å². The Morgan fingerprint density at radius 3 is 2.89 bits per heavy atom. The van der Waals surface area contributed by atoms with Crippen LogP contribution >= 0.6 is 0 Å². The van der Waals surface area contributed by atoms with Crippen molar-refractivity contribution < 1.29 is 4.42 Å². The first-order valence-electron chi connectivity index (χ1n) is 3.08. The normalized spacial score (nSPS) is 9.56. The van der Waals surface area contributed by atoms with Crippen LogP contribution in [0.1, 0.15) is 6.92 Å².